The fourth-order valence-electron chi connectivity index (χ4n) is 2.71. The number of aryl methyl sites for hydroxylation is 1. The zero-order chi connectivity index (χ0) is 16.6. The summed E-state index contributed by atoms with van der Waals surface area (Å²) in [4.78, 5) is 9.36. The van der Waals surface area contributed by atoms with Gasteiger partial charge in [0, 0.05) is 32.0 Å². The summed E-state index contributed by atoms with van der Waals surface area (Å²) < 4.78 is 45.3. The van der Waals surface area contributed by atoms with Gasteiger partial charge in [-0.3, -0.25) is 0 Å². The fourth-order valence-corrected chi connectivity index (χ4v) is 2.71. The van der Waals surface area contributed by atoms with Gasteiger partial charge >= 0.3 is 6.18 Å². The monoisotopic (exact) mass is 329 g/mol. The van der Waals surface area contributed by atoms with Crippen LogP contribution in [0.5, 0.6) is 0 Å². The van der Waals surface area contributed by atoms with Crippen LogP contribution in [0.1, 0.15) is 30.8 Å². The molecule has 2 aromatic heterocycles. The molecule has 3 heterocycles. The summed E-state index contributed by atoms with van der Waals surface area (Å²) in [6, 6.07) is 1.70. The number of alkyl halides is 3. The van der Waals surface area contributed by atoms with E-state index in [-0.39, 0.29) is 11.9 Å². The topological polar surface area (TPSA) is 55.6 Å². The van der Waals surface area contributed by atoms with Crippen LogP contribution in [0.15, 0.2) is 6.07 Å². The quantitative estimate of drug-likeness (QED) is 0.866. The molecule has 0 bridgehead atoms. The van der Waals surface area contributed by atoms with Gasteiger partial charge in [-0.15, -0.1) is 5.10 Å². The first-order valence-electron chi connectivity index (χ1n) is 7.49. The number of hydrogen-bond donors (Lipinski definition) is 0. The van der Waals surface area contributed by atoms with Crippen LogP contribution in [-0.2, 0) is 10.9 Å². The summed E-state index contributed by atoms with van der Waals surface area (Å²) in [5, 5.41) is 3.57. The highest BCUT2D eigenvalue weighted by atomic mass is 19.4. The number of nitrogens with zero attached hydrogens (tertiary/aromatic N) is 5. The van der Waals surface area contributed by atoms with Crippen LogP contribution < -0.4 is 4.90 Å². The van der Waals surface area contributed by atoms with Crippen molar-refractivity contribution in [2.75, 3.05) is 25.1 Å². The molecule has 1 saturated heterocycles. The molecular formula is C14H18F3N5O. The molecule has 23 heavy (non-hydrogen) atoms. The van der Waals surface area contributed by atoms with Crippen molar-refractivity contribution in [1.82, 2.24) is 19.6 Å². The standard InChI is InChI=1S/C14H18F3N5O/c1-9-7-11(21(2)8-10-5-3-4-6-23-10)22-13(18-9)19-12(20-22)14(15,16)17/h7,10H,3-6,8H2,1-2H3/t10-/m1/s1. The second-order valence-electron chi connectivity index (χ2n) is 5.77. The van der Waals surface area contributed by atoms with E-state index >= 15 is 0 Å². The minimum absolute atomic E-state index is 0.0521. The van der Waals surface area contributed by atoms with Crippen LogP contribution in [0.2, 0.25) is 0 Å². The lowest BCUT2D eigenvalue weighted by molar-refractivity contribution is -0.144. The van der Waals surface area contributed by atoms with E-state index in [0.29, 0.717) is 18.1 Å². The second-order valence-corrected chi connectivity index (χ2v) is 5.77. The van der Waals surface area contributed by atoms with E-state index in [0.717, 1.165) is 30.4 Å². The Morgan fingerprint density at radius 2 is 2.13 bits per heavy atom. The van der Waals surface area contributed by atoms with E-state index in [1.54, 1.807) is 20.0 Å². The van der Waals surface area contributed by atoms with Gasteiger partial charge < -0.3 is 9.64 Å². The molecule has 0 aromatic carbocycles. The average Bonchev–Trinajstić information content (AvgIpc) is 2.91. The summed E-state index contributed by atoms with van der Waals surface area (Å²) >= 11 is 0. The maximum Gasteiger partial charge on any atom is 0.453 e. The van der Waals surface area contributed by atoms with Crippen LogP contribution in [0.3, 0.4) is 0 Å². The van der Waals surface area contributed by atoms with E-state index in [4.69, 9.17) is 4.74 Å². The molecule has 0 N–H and O–H groups in total. The van der Waals surface area contributed by atoms with Crippen molar-refractivity contribution >= 4 is 11.6 Å². The van der Waals surface area contributed by atoms with Gasteiger partial charge in [0.15, 0.2) is 0 Å². The first kappa shape index (κ1) is 16.0. The van der Waals surface area contributed by atoms with Gasteiger partial charge in [-0.05, 0) is 26.2 Å². The molecule has 1 aliphatic rings. The van der Waals surface area contributed by atoms with Crippen LogP contribution in [-0.4, -0.2) is 45.9 Å². The van der Waals surface area contributed by atoms with E-state index in [9.17, 15) is 13.2 Å². The maximum absolute atomic E-state index is 12.8. The van der Waals surface area contributed by atoms with E-state index < -0.39 is 12.0 Å². The summed E-state index contributed by atoms with van der Waals surface area (Å²) in [5.74, 6) is -0.715. The van der Waals surface area contributed by atoms with Crippen molar-refractivity contribution in [1.29, 1.82) is 0 Å². The van der Waals surface area contributed by atoms with Gasteiger partial charge in [0.05, 0.1) is 6.10 Å². The Labute approximate surface area is 131 Å². The number of likely N-dealkylation sites (N-methyl/N-ethyl adjacent to an activating group) is 1. The number of ether oxygens (including phenoxy) is 1. The minimum Gasteiger partial charge on any atom is -0.376 e. The molecule has 0 amide bonds. The predicted octanol–water partition coefficient (Wildman–Crippen LogP) is 2.46. The molecule has 126 valence electrons. The van der Waals surface area contributed by atoms with Crippen molar-refractivity contribution in [2.24, 2.45) is 0 Å². The third-order valence-corrected chi connectivity index (χ3v) is 3.82. The number of anilines is 1. The van der Waals surface area contributed by atoms with Gasteiger partial charge in [0.2, 0.25) is 0 Å². The van der Waals surface area contributed by atoms with Crippen molar-refractivity contribution in [3.8, 4) is 0 Å². The highest BCUT2D eigenvalue weighted by Crippen LogP contribution is 2.27. The van der Waals surface area contributed by atoms with Crippen LogP contribution in [0, 0.1) is 6.92 Å². The summed E-state index contributed by atoms with van der Waals surface area (Å²) in [6.07, 6.45) is -1.42. The van der Waals surface area contributed by atoms with Crippen LogP contribution in [0.25, 0.3) is 5.78 Å². The molecule has 3 rings (SSSR count). The molecule has 9 heteroatoms. The Bertz CT molecular complexity index is 694. The van der Waals surface area contributed by atoms with Crippen molar-refractivity contribution in [3.05, 3.63) is 17.6 Å². The molecule has 6 nitrogen and oxygen atoms in total. The smallest absolute Gasteiger partial charge is 0.376 e. The normalized spacial score (nSPS) is 19.3. The van der Waals surface area contributed by atoms with Crippen molar-refractivity contribution in [2.45, 2.75) is 38.5 Å². The van der Waals surface area contributed by atoms with Gasteiger partial charge in [-0.1, -0.05) is 0 Å². The molecule has 0 saturated carbocycles. The lowest BCUT2D eigenvalue weighted by Crippen LogP contribution is -2.34. The van der Waals surface area contributed by atoms with Crippen molar-refractivity contribution in [3.63, 3.8) is 0 Å². The molecule has 0 spiro atoms. The third-order valence-electron chi connectivity index (χ3n) is 3.82. The zero-order valence-corrected chi connectivity index (χ0v) is 13.0. The Balaban J connectivity index is 1.93. The molecule has 1 aliphatic heterocycles. The predicted molar refractivity (Wildman–Crippen MR) is 77.4 cm³/mol. The lowest BCUT2D eigenvalue weighted by Gasteiger charge is -2.28. The Morgan fingerprint density at radius 1 is 1.35 bits per heavy atom. The molecule has 0 radical (unpaired) electrons. The summed E-state index contributed by atoms with van der Waals surface area (Å²) in [7, 11) is 1.81. The Hall–Kier alpha value is -1.90. The fraction of sp³-hybridized carbons (Fsp3) is 0.643. The highest BCUT2D eigenvalue weighted by molar-refractivity contribution is 5.47. The number of rotatable bonds is 3. The SMILES string of the molecule is Cc1cc(N(C)C[C@H]2CCCCO2)n2nc(C(F)(F)F)nc2n1. The molecule has 1 fully saturated rings. The highest BCUT2D eigenvalue weighted by Gasteiger charge is 2.37. The van der Waals surface area contributed by atoms with Crippen molar-refractivity contribution < 1.29 is 17.9 Å². The first-order valence-corrected chi connectivity index (χ1v) is 7.49. The Morgan fingerprint density at radius 3 is 2.78 bits per heavy atom. The first-order chi connectivity index (χ1) is 10.8. The Kier molecular flexibility index (Phi) is 4.13. The van der Waals surface area contributed by atoms with Gasteiger partial charge in [0.1, 0.15) is 5.82 Å². The number of fused-ring (bicyclic) bond motifs is 1. The average molecular weight is 329 g/mol. The van der Waals surface area contributed by atoms with Crippen LogP contribution >= 0.6 is 0 Å². The number of halogens is 3. The third kappa shape index (κ3) is 3.39. The van der Waals surface area contributed by atoms with Gasteiger partial charge in [0.25, 0.3) is 11.6 Å². The van der Waals surface area contributed by atoms with Gasteiger partial charge in [-0.25, -0.2) is 4.98 Å². The number of aromatic nitrogens is 4. The lowest BCUT2D eigenvalue weighted by atomic mass is 10.1. The second kappa shape index (κ2) is 5.95. The maximum atomic E-state index is 12.8. The molecular weight excluding hydrogens is 311 g/mol. The summed E-state index contributed by atoms with van der Waals surface area (Å²) in [6.45, 7) is 3.03. The van der Waals surface area contributed by atoms with E-state index in [1.165, 1.54) is 0 Å². The molecule has 0 unspecified atom stereocenters. The van der Waals surface area contributed by atoms with E-state index in [2.05, 4.69) is 15.1 Å². The van der Waals surface area contributed by atoms with Crippen LogP contribution in [0.4, 0.5) is 19.0 Å². The molecule has 0 aliphatic carbocycles. The zero-order valence-electron chi connectivity index (χ0n) is 13.0. The number of hydrogen-bond acceptors (Lipinski definition) is 5. The molecule has 1 atom stereocenters. The molecule has 2 aromatic rings. The van der Waals surface area contributed by atoms with Gasteiger partial charge in [-0.2, -0.15) is 22.7 Å². The largest absolute Gasteiger partial charge is 0.453 e. The summed E-state index contributed by atoms with van der Waals surface area (Å²) in [5.41, 5.74) is 0.588. The minimum atomic E-state index is -4.59. The van der Waals surface area contributed by atoms with E-state index in [1.807, 2.05) is 4.90 Å².